The molecule has 126 valence electrons. The Morgan fingerprint density at radius 2 is 1.57 bits per heavy atom. The molecule has 0 aromatic rings. The molecule has 21 heavy (non-hydrogen) atoms. The third-order valence-corrected chi connectivity index (χ3v) is 4.91. The topological polar surface area (TPSA) is 26.7 Å². The first-order valence-corrected chi connectivity index (χ1v) is 9.22. The van der Waals surface area contributed by atoms with Crippen molar-refractivity contribution < 1.29 is 5.11 Å². The van der Waals surface area contributed by atoms with Crippen molar-refractivity contribution in [2.45, 2.75) is 83.3 Å². The van der Waals surface area contributed by atoms with Gasteiger partial charge in [0.25, 0.3) is 0 Å². The maximum atomic E-state index is 10.5. The van der Waals surface area contributed by atoms with Gasteiger partial charge in [-0.05, 0) is 40.0 Å². The molecule has 0 aromatic heterocycles. The highest BCUT2D eigenvalue weighted by Gasteiger charge is 2.26. The zero-order valence-electron chi connectivity index (χ0n) is 14.7. The van der Waals surface area contributed by atoms with E-state index in [1.54, 1.807) is 0 Å². The summed E-state index contributed by atoms with van der Waals surface area (Å²) >= 11 is 0. The maximum Gasteiger partial charge on any atom is 0.0707 e. The fraction of sp³-hybridized carbons (Fsp3) is 1.00. The summed E-state index contributed by atoms with van der Waals surface area (Å²) in [4.78, 5) is 4.73. The second kappa shape index (κ2) is 11.4. The molecule has 1 heterocycles. The highest BCUT2D eigenvalue weighted by atomic mass is 16.3. The summed E-state index contributed by atoms with van der Waals surface area (Å²) in [6.07, 6.45) is 12.7. The minimum Gasteiger partial charge on any atom is -0.391 e. The van der Waals surface area contributed by atoms with Crippen LogP contribution < -0.4 is 0 Å². The number of likely N-dealkylation sites (N-methyl/N-ethyl adjacent to an activating group) is 2. The summed E-state index contributed by atoms with van der Waals surface area (Å²) in [5.74, 6) is 0. The van der Waals surface area contributed by atoms with Gasteiger partial charge in [0.2, 0.25) is 0 Å². The molecule has 0 aliphatic carbocycles. The first-order chi connectivity index (χ1) is 10.1. The lowest BCUT2D eigenvalue weighted by atomic mass is 10.0. The van der Waals surface area contributed by atoms with Gasteiger partial charge in [0.05, 0.1) is 6.10 Å². The Balaban J connectivity index is 2.10. The maximum absolute atomic E-state index is 10.5. The summed E-state index contributed by atoms with van der Waals surface area (Å²) in [7, 11) is 4.34. The number of unbranched alkanes of at least 4 members (excludes halogenated alkanes) is 7. The second-order valence-corrected chi connectivity index (χ2v) is 6.99. The van der Waals surface area contributed by atoms with Crippen LogP contribution in [0.1, 0.15) is 71.1 Å². The molecular formula is C18H38N2O. The molecular weight excluding hydrogens is 260 g/mol. The van der Waals surface area contributed by atoms with Crippen LogP contribution in [0.2, 0.25) is 0 Å². The Hall–Kier alpha value is -0.120. The van der Waals surface area contributed by atoms with Gasteiger partial charge < -0.3 is 10.0 Å². The van der Waals surface area contributed by atoms with Gasteiger partial charge >= 0.3 is 0 Å². The van der Waals surface area contributed by atoms with Crippen molar-refractivity contribution in [2.75, 3.05) is 33.7 Å². The lowest BCUT2D eigenvalue weighted by molar-refractivity contribution is 0.0501. The van der Waals surface area contributed by atoms with E-state index >= 15 is 0 Å². The molecule has 1 rings (SSSR count). The Morgan fingerprint density at radius 3 is 2.24 bits per heavy atom. The van der Waals surface area contributed by atoms with Gasteiger partial charge in [-0.25, -0.2) is 0 Å². The molecule has 0 bridgehead atoms. The lowest BCUT2D eigenvalue weighted by Crippen LogP contribution is -2.46. The minimum atomic E-state index is -0.157. The van der Waals surface area contributed by atoms with E-state index in [2.05, 4.69) is 30.8 Å². The van der Waals surface area contributed by atoms with Crippen molar-refractivity contribution >= 4 is 0 Å². The van der Waals surface area contributed by atoms with Crippen LogP contribution >= 0.6 is 0 Å². The van der Waals surface area contributed by atoms with Crippen molar-refractivity contribution in [3.63, 3.8) is 0 Å². The molecule has 3 nitrogen and oxygen atoms in total. The van der Waals surface area contributed by atoms with Crippen LogP contribution in [0.25, 0.3) is 0 Å². The normalized spacial score (nSPS) is 23.1. The molecule has 1 aliphatic rings. The smallest absolute Gasteiger partial charge is 0.0707 e. The summed E-state index contributed by atoms with van der Waals surface area (Å²) in [5.41, 5.74) is 0. The first kappa shape index (κ1) is 18.9. The average Bonchev–Trinajstić information content (AvgIpc) is 2.63. The largest absolute Gasteiger partial charge is 0.391 e. The van der Waals surface area contributed by atoms with Gasteiger partial charge in [-0.2, -0.15) is 0 Å². The highest BCUT2D eigenvalue weighted by Crippen LogP contribution is 2.16. The van der Waals surface area contributed by atoms with E-state index in [1.165, 1.54) is 57.8 Å². The molecule has 1 fully saturated rings. The predicted molar refractivity (Wildman–Crippen MR) is 91.8 cm³/mol. The van der Waals surface area contributed by atoms with Gasteiger partial charge in [0.1, 0.15) is 0 Å². The zero-order chi connectivity index (χ0) is 15.5. The summed E-state index contributed by atoms with van der Waals surface area (Å²) in [5, 5.41) is 10.5. The SMILES string of the molecule is CCCCCCCCCCC(O)C1CN(C)CCCN1C. The molecule has 1 N–H and O–H groups in total. The molecule has 0 aromatic carbocycles. The van der Waals surface area contributed by atoms with E-state index in [9.17, 15) is 5.11 Å². The molecule has 3 heteroatoms. The van der Waals surface area contributed by atoms with Crippen molar-refractivity contribution in [1.82, 2.24) is 9.80 Å². The predicted octanol–water partition coefficient (Wildman–Crippen LogP) is 3.51. The fourth-order valence-corrected chi connectivity index (χ4v) is 3.40. The quantitative estimate of drug-likeness (QED) is 0.625. The number of aliphatic hydroxyl groups is 1. The zero-order valence-corrected chi connectivity index (χ0v) is 14.7. The van der Waals surface area contributed by atoms with E-state index < -0.39 is 0 Å². The van der Waals surface area contributed by atoms with Crippen LogP contribution in [0.5, 0.6) is 0 Å². The molecule has 0 radical (unpaired) electrons. The first-order valence-electron chi connectivity index (χ1n) is 9.22. The summed E-state index contributed by atoms with van der Waals surface area (Å²) in [6.45, 7) is 5.55. The van der Waals surface area contributed by atoms with Crippen molar-refractivity contribution in [1.29, 1.82) is 0 Å². The van der Waals surface area contributed by atoms with Crippen LogP contribution in [0, 0.1) is 0 Å². The summed E-state index contributed by atoms with van der Waals surface area (Å²) in [6, 6.07) is 0.321. The Labute approximate surface area is 132 Å². The molecule has 0 saturated carbocycles. The number of aliphatic hydroxyl groups excluding tert-OH is 1. The number of rotatable bonds is 10. The van der Waals surface area contributed by atoms with E-state index in [0.717, 1.165) is 26.1 Å². The van der Waals surface area contributed by atoms with Crippen molar-refractivity contribution in [2.24, 2.45) is 0 Å². The third-order valence-electron chi connectivity index (χ3n) is 4.91. The van der Waals surface area contributed by atoms with Gasteiger partial charge in [-0.3, -0.25) is 4.90 Å². The van der Waals surface area contributed by atoms with Crippen LogP contribution in [-0.2, 0) is 0 Å². The Bertz CT molecular complexity index is 247. The fourth-order valence-electron chi connectivity index (χ4n) is 3.40. The Kier molecular flexibility index (Phi) is 10.3. The van der Waals surface area contributed by atoms with Crippen LogP contribution in [0.3, 0.4) is 0 Å². The molecule has 2 unspecified atom stereocenters. The monoisotopic (exact) mass is 298 g/mol. The van der Waals surface area contributed by atoms with Gasteiger partial charge in [0.15, 0.2) is 0 Å². The molecule has 0 amide bonds. The second-order valence-electron chi connectivity index (χ2n) is 6.99. The standard InChI is InChI=1S/C18H38N2O/c1-4-5-6-7-8-9-10-11-13-18(21)17-16-19(2)14-12-15-20(17)3/h17-18,21H,4-16H2,1-3H3. The lowest BCUT2D eigenvalue weighted by Gasteiger charge is -2.31. The average molecular weight is 299 g/mol. The molecule has 2 atom stereocenters. The van der Waals surface area contributed by atoms with Gasteiger partial charge in [-0.15, -0.1) is 0 Å². The van der Waals surface area contributed by atoms with Gasteiger partial charge in [0, 0.05) is 12.6 Å². The van der Waals surface area contributed by atoms with Crippen molar-refractivity contribution in [3.8, 4) is 0 Å². The van der Waals surface area contributed by atoms with E-state index in [1.807, 2.05) is 0 Å². The number of hydrogen-bond acceptors (Lipinski definition) is 3. The molecule has 1 saturated heterocycles. The highest BCUT2D eigenvalue weighted by molar-refractivity contribution is 4.82. The summed E-state index contributed by atoms with van der Waals surface area (Å²) < 4.78 is 0. The van der Waals surface area contributed by atoms with Crippen molar-refractivity contribution in [3.05, 3.63) is 0 Å². The number of nitrogens with zero attached hydrogens (tertiary/aromatic N) is 2. The van der Waals surface area contributed by atoms with E-state index in [-0.39, 0.29) is 6.10 Å². The van der Waals surface area contributed by atoms with Crippen LogP contribution in [0.4, 0.5) is 0 Å². The van der Waals surface area contributed by atoms with Crippen LogP contribution in [0.15, 0.2) is 0 Å². The van der Waals surface area contributed by atoms with E-state index in [4.69, 9.17) is 0 Å². The van der Waals surface area contributed by atoms with Crippen LogP contribution in [-0.4, -0.2) is 60.8 Å². The van der Waals surface area contributed by atoms with Gasteiger partial charge in [-0.1, -0.05) is 58.3 Å². The molecule has 1 aliphatic heterocycles. The third kappa shape index (κ3) is 8.18. The number of hydrogen-bond donors (Lipinski definition) is 1. The Morgan fingerprint density at radius 1 is 0.952 bits per heavy atom. The van der Waals surface area contributed by atoms with E-state index in [0.29, 0.717) is 6.04 Å². The molecule has 0 spiro atoms. The minimum absolute atomic E-state index is 0.157.